The molecule has 0 fully saturated rings. The Hall–Kier alpha value is -4.91. The van der Waals surface area contributed by atoms with Crippen molar-refractivity contribution in [2.45, 2.75) is 67.9 Å². The summed E-state index contributed by atoms with van der Waals surface area (Å²) in [6.45, 7) is 15.2. The highest BCUT2D eigenvalue weighted by molar-refractivity contribution is 5.73. The molecule has 0 saturated heterocycles. The molecule has 5 rings (SSSR count). The zero-order valence-corrected chi connectivity index (χ0v) is 28.6. The summed E-state index contributed by atoms with van der Waals surface area (Å²) in [5.74, 6) is -0.764. The molecule has 0 amide bonds. The molecule has 0 aromatic heterocycles. The quantitative estimate of drug-likeness (QED) is 0.156. The number of hydrogen-bond acceptors (Lipinski definition) is 3. The van der Waals surface area contributed by atoms with Crippen molar-refractivity contribution in [1.82, 2.24) is 0 Å². The van der Waals surface area contributed by atoms with Crippen molar-refractivity contribution in [3.05, 3.63) is 167 Å². The molecule has 0 bridgehead atoms. The second-order valence-corrected chi connectivity index (χ2v) is 10.6. The number of hydrogen-bond donors (Lipinski definition) is 0. The molecule has 4 aromatic carbocycles. The van der Waals surface area contributed by atoms with E-state index in [0.717, 1.165) is 6.07 Å². The molecule has 4 aromatic rings. The van der Waals surface area contributed by atoms with Crippen LogP contribution in [0.25, 0.3) is 6.08 Å². The van der Waals surface area contributed by atoms with E-state index in [9.17, 15) is 22.4 Å². The Morgan fingerprint density at radius 1 is 0.796 bits per heavy atom. The van der Waals surface area contributed by atoms with E-state index >= 15 is 0 Å². The third kappa shape index (κ3) is 18.9. The number of esters is 1. The second kappa shape index (κ2) is 24.3. The van der Waals surface area contributed by atoms with Crippen molar-refractivity contribution in [1.29, 1.82) is 0 Å². The van der Waals surface area contributed by atoms with Crippen LogP contribution in [0.2, 0.25) is 0 Å². The molecule has 0 N–H and O–H groups in total. The van der Waals surface area contributed by atoms with E-state index in [4.69, 9.17) is 4.74 Å². The van der Waals surface area contributed by atoms with Crippen molar-refractivity contribution >= 4 is 12.0 Å². The average molecular weight is 679 g/mol. The van der Waals surface area contributed by atoms with Crippen LogP contribution < -0.4 is 4.74 Å². The number of carbonyl (C=O) groups is 1. The topological polar surface area (TPSA) is 35.5 Å². The first kappa shape index (κ1) is 44.1. The maximum atomic E-state index is 13.3. The Morgan fingerprint density at radius 2 is 1.31 bits per heavy atom. The van der Waals surface area contributed by atoms with Gasteiger partial charge in [0.05, 0.1) is 12.2 Å². The number of carbonyl (C=O) groups excluding carboxylic acids is 1. The summed E-state index contributed by atoms with van der Waals surface area (Å²) < 4.78 is 58.7. The number of ether oxygens (including phenoxy) is 2. The molecular weight excluding hydrogens is 628 g/mol. The van der Waals surface area contributed by atoms with Crippen molar-refractivity contribution in [2.75, 3.05) is 6.61 Å². The average Bonchev–Trinajstić information content (AvgIpc) is 3.55. The Labute approximate surface area is 290 Å². The Morgan fingerprint density at radius 3 is 1.67 bits per heavy atom. The van der Waals surface area contributed by atoms with Gasteiger partial charge in [-0.3, -0.25) is 0 Å². The first-order chi connectivity index (χ1) is 22.8. The molecule has 3 nitrogen and oxygen atoms in total. The van der Waals surface area contributed by atoms with Gasteiger partial charge in [0.15, 0.2) is 0 Å². The van der Waals surface area contributed by atoms with Gasteiger partial charge in [-0.05, 0) is 76.8 Å². The van der Waals surface area contributed by atoms with Crippen LogP contribution in [0.1, 0.15) is 61.1 Å². The van der Waals surface area contributed by atoms with Crippen molar-refractivity contribution in [3.8, 4) is 5.75 Å². The summed E-state index contributed by atoms with van der Waals surface area (Å²) in [5, 5.41) is 0. The summed E-state index contributed by atoms with van der Waals surface area (Å²) in [6, 6.07) is 30.8. The molecule has 0 heterocycles. The van der Waals surface area contributed by atoms with E-state index in [1.807, 2.05) is 18.2 Å². The summed E-state index contributed by atoms with van der Waals surface area (Å²) in [4.78, 5) is 11.0. The number of aryl methyl sites for hydroxylation is 4. The molecular formula is C42H50F4O3. The van der Waals surface area contributed by atoms with Crippen LogP contribution in [0, 0.1) is 27.7 Å². The number of alkyl halides is 4. The Bertz CT molecular complexity index is 1550. The highest BCUT2D eigenvalue weighted by Crippen LogP contribution is 2.31. The minimum absolute atomic E-state index is 0. The normalized spacial score (nSPS) is 11.4. The fourth-order valence-electron chi connectivity index (χ4n) is 3.77. The van der Waals surface area contributed by atoms with Crippen LogP contribution in [0.3, 0.4) is 0 Å². The predicted octanol–water partition coefficient (Wildman–Crippen LogP) is 12.4. The fraction of sp³-hybridized carbons (Fsp3) is 0.262. The lowest BCUT2D eigenvalue weighted by Gasteiger charge is -2.12. The van der Waals surface area contributed by atoms with Crippen LogP contribution in [-0.2, 0) is 15.7 Å². The van der Waals surface area contributed by atoms with E-state index in [1.54, 1.807) is 37.3 Å². The van der Waals surface area contributed by atoms with E-state index in [2.05, 4.69) is 93.6 Å². The van der Waals surface area contributed by atoms with Gasteiger partial charge in [-0.1, -0.05) is 140 Å². The minimum Gasteiger partial charge on any atom is -0.461 e. The molecule has 264 valence electrons. The summed E-state index contributed by atoms with van der Waals surface area (Å²) >= 11 is 0. The first-order valence-electron chi connectivity index (χ1n) is 15.5. The van der Waals surface area contributed by atoms with Gasteiger partial charge >= 0.3 is 18.5 Å². The molecule has 1 aliphatic rings. The molecule has 0 radical (unpaired) electrons. The molecule has 1 aliphatic carbocycles. The van der Waals surface area contributed by atoms with Crippen LogP contribution in [0.5, 0.6) is 5.75 Å². The van der Waals surface area contributed by atoms with Gasteiger partial charge in [0.1, 0.15) is 5.75 Å². The molecule has 1 atom stereocenters. The first-order valence-corrected chi connectivity index (χ1v) is 15.5. The molecule has 0 spiro atoms. The monoisotopic (exact) mass is 678 g/mol. The number of halogens is 4. The van der Waals surface area contributed by atoms with Gasteiger partial charge in [0, 0.05) is 5.56 Å². The number of benzene rings is 4. The lowest BCUT2D eigenvalue weighted by Crippen LogP contribution is -2.25. The summed E-state index contributed by atoms with van der Waals surface area (Å²) in [6.07, 6.45) is 2.75. The van der Waals surface area contributed by atoms with Gasteiger partial charge in [0.25, 0.3) is 0 Å². The standard InChI is InChI=1S/C12H13FO3.C8H7F3.C8H10.C7H8.C6H8.CH4/c1-3-9-7-5-6-8-10(9)16-11(13)12(14)15-4-2;1-6-4-2-3-5-7(6)8(9,10)11;1-7-5-3-4-6-8(7)2;1-7-5-3-2-4-6-7;1-6-4-2-3-5-6;/h3,5-8,11H,1,4H2,2H3;2-5H,1H3;3-6H,1-2H3;2-6H,1H3;2-4H,5H2,1H3;1H4. The van der Waals surface area contributed by atoms with Crippen molar-refractivity contribution in [3.63, 3.8) is 0 Å². The predicted molar refractivity (Wildman–Crippen MR) is 196 cm³/mol. The fourth-order valence-corrected chi connectivity index (χ4v) is 3.77. The second-order valence-electron chi connectivity index (χ2n) is 10.6. The number of para-hydroxylation sites is 1. The third-order valence-corrected chi connectivity index (χ3v) is 6.61. The lowest BCUT2D eigenvalue weighted by molar-refractivity contribution is -0.159. The molecule has 0 saturated carbocycles. The minimum atomic E-state index is -4.22. The number of rotatable bonds is 5. The van der Waals surface area contributed by atoms with Crippen molar-refractivity contribution in [2.24, 2.45) is 0 Å². The van der Waals surface area contributed by atoms with Gasteiger partial charge in [-0.2, -0.15) is 17.6 Å². The van der Waals surface area contributed by atoms with Gasteiger partial charge in [-0.25, -0.2) is 4.79 Å². The van der Waals surface area contributed by atoms with Gasteiger partial charge < -0.3 is 9.47 Å². The van der Waals surface area contributed by atoms with Crippen LogP contribution in [0.15, 0.2) is 134 Å². The molecule has 49 heavy (non-hydrogen) atoms. The van der Waals surface area contributed by atoms with E-state index in [-0.39, 0.29) is 25.3 Å². The molecule has 0 aliphatic heterocycles. The van der Waals surface area contributed by atoms with E-state index < -0.39 is 24.1 Å². The van der Waals surface area contributed by atoms with E-state index in [1.165, 1.54) is 53.8 Å². The highest BCUT2D eigenvalue weighted by Gasteiger charge is 2.31. The van der Waals surface area contributed by atoms with Gasteiger partial charge in [0.2, 0.25) is 0 Å². The molecule has 7 heteroatoms. The largest absolute Gasteiger partial charge is 0.461 e. The van der Waals surface area contributed by atoms with Crippen molar-refractivity contribution < 1.29 is 31.8 Å². The maximum Gasteiger partial charge on any atom is 0.416 e. The third-order valence-electron chi connectivity index (χ3n) is 6.61. The van der Waals surface area contributed by atoms with Crippen LogP contribution in [-0.4, -0.2) is 18.9 Å². The maximum absolute atomic E-state index is 13.3. The number of allylic oxidation sites excluding steroid dienone is 4. The smallest absolute Gasteiger partial charge is 0.416 e. The summed E-state index contributed by atoms with van der Waals surface area (Å²) in [5.41, 5.74) is 5.85. The summed E-state index contributed by atoms with van der Waals surface area (Å²) in [7, 11) is 0. The molecule has 1 unspecified atom stereocenters. The van der Waals surface area contributed by atoms with Crippen LogP contribution >= 0.6 is 0 Å². The SMILES string of the molecule is C.C=Cc1ccccc1OC(F)C(=O)OCC.CC1=CC=CC1.Cc1ccccc1.Cc1ccccc1C.Cc1ccccc1C(F)(F)F. The Balaban J connectivity index is 0.000000612. The zero-order valence-electron chi connectivity index (χ0n) is 28.6. The Kier molecular flexibility index (Phi) is 21.8. The van der Waals surface area contributed by atoms with Crippen LogP contribution in [0.4, 0.5) is 17.6 Å². The van der Waals surface area contributed by atoms with Gasteiger partial charge in [-0.15, -0.1) is 0 Å². The van der Waals surface area contributed by atoms with E-state index in [0.29, 0.717) is 5.56 Å². The zero-order chi connectivity index (χ0) is 36.0. The highest BCUT2D eigenvalue weighted by atomic mass is 19.4. The lowest BCUT2D eigenvalue weighted by atomic mass is 10.1.